The first kappa shape index (κ1) is 16.6. The first-order valence-corrected chi connectivity index (χ1v) is 9.32. The quantitative estimate of drug-likeness (QED) is 0.563. The number of rotatable bonds is 3. The van der Waals surface area contributed by atoms with E-state index in [1.54, 1.807) is 0 Å². The van der Waals surface area contributed by atoms with Crippen LogP contribution in [0.25, 0.3) is 0 Å². The van der Waals surface area contributed by atoms with Gasteiger partial charge in [-0.2, -0.15) is 5.26 Å². The summed E-state index contributed by atoms with van der Waals surface area (Å²) in [5, 5.41) is 8.95. The molecule has 0 aromatic rings. The van der Waals surface area contributed by atoms with E-state index in [4.69, 9.17) is 10.00 Å². The van der Waals surface area contributed by atoms with Crippen LogP contribution in [0.5, 0.6) is 0 Å². The molecule has 0 aromatic heterocycles. The molecule has 0 aromatic carbocycles. The highest BCUT2D eigenvalue weighted by molar-refractivity contribution is 5.66. The number of nitrogens with zero attached hydrogens (tertiary/aromatic N) is 1. The fraction of sp³-hybridized carbons (Fsp3) is 0.800. The van der Waals surface area contributed by atoms with Crippen molar-refractivity contribution in [2.75, 3.05) is 0 Å². The molecule has 0 unspecified atom stereocenters. The first-order valence-electron chi connectivity index (χ1n) is 9.32. The molecule has 0 spiro atoms. The van der Waals surface area contributed by atoms with Gasteiger partial charge in [0.15, 0.2) is 0 Å². The van der Waals surface area contributed by atoms with Crippen molar-refractivity contribution in [2.45, 2.75) is 70.8 Å². The van der Waals surface area contributed by atoms with Crippen LogP contribution in [-0.2, 0) is 9.53 Å². The number of carbonyl (C=O) groups excluding carboxylic acids is 1. The fourth-order valence-electron chi connectivity index (χ4n) is 5.83. The van der Waals surface area contributed by atoms with Crippen LogP contribution in [-0.4, -0.2) is 12.1 Å². The maximum Gasteiger partial charge on any atom is 0.302 e. The molecule has 3 saturated carbocycles. The summed E-state index contributed by atoms with van der Waals surface area (Å²) in [6.07, 6.45) is 10.1. The molecule has 0 radical (unpaired) electrons. The van der Waals surface area contributed by atoms with E-state index in [9.17, 15) is 4.79 Å². The van der Waals surface area contributed by atoms with Gasteiger partial charge >= 0.3 is 5.97 Å². The smallest absolute Gasteiger partial charge is 0.302 e. The Kier molecular flexibility index (Phi) is 5.09. The monoisotopic (exact) mass is 315 g/mol. The van der Waals surface area contributed by atoms with Gasteiger partial charge in [0, 0.05) is 13.3 Å². The SMILES string of the molecule is C=C1CC[C@H]2[C@@H](CC[C@@H]3C[C@@H](OC(C)=O)CC[C@@H]32)[C@@H]1CCC#N. The van der Waals surface area contributed by atoms with E-state index >= 15 is 0 Å². The third-order valence-electron chi connectivity index (χ3n) is 6.70. The van der Waals surface area contributed by atoms with Gasteiger partial charge in [-0.05, 0) is 81.0 Å². The lowest BCUT2D eigenvalue weighted by Gasteiger charge is -2.52. The van der Waals surface area contributed by atoms with Gasteiger partial charge in [0.2, 0.25) is 0 Å². The molecule has 0 N–H and O–H groups in total. The molecule has 0 aliphatic heterocycles. The van der Waals surface area contributed by atoms with Crippen molar-refractivity contribution < 1.29 is 9.53 Å². The fourth-order valence-corrected chi connectivity index (χ4v) is 5.83. The number of nitriles is 1. The molecular formula is C20H29NO2. The van der Waals surface area contributed by atoms with Crippen molar-refractivity contribution >= 4 is 5.97 Å². The third kappa shape index (κ3) is 3.47. The molecule has 3 heteroatoms. The molecular weight excluding hydrogens is 286 g/mol. The van der Waals surface area contributed by atoms with Crippen LogP contribution in [0.3, 0.4) is 0 Å². The number of ether oxygens (including phenoxy) is 1. The molecule has 23 heavy (non-hydrogen) atoms. The summed E-state index contributed by atoms with van der Waals surface area (Å²) < 4.78 is 5.48. The summed E-state index contributed by atoms with van der Waals surface area (Å²) in [6, 6.07) is 2.32. The summed E-state index contributed by atoms with van der Waals surface area (Å²) in [5.41, 5.74) is 1.40. The zero-order valence-corrected chi connectivity index (χ0v) is 14.3. The molecule has 0 saturated heterocycles. The lowest BCUT2D eigenvalue weighted by molar-refractivity contribution is -0.151. The van der Waals surface area contributed by atoms with Gasteiger partial charge in [0.1, 0.15) is 6.10 Å². The van der Waals surface area contributed by atoms with Gasteiger partial charge < -0.3 is 4.74 Å². The lowest BCUT2D eigenvalue weighted by Crippen LogP contribution is -2.44. The molecule has 126 valence electrons. The number of allylic oxidation sites excluding steroid dienone is 1. The Morgan fingerprint density at radius 3 is 2.74 bits per heavy atom. The molecule has 0 bridgehead atoms. The van der Waals surface area contributed by atoms with E-state index in [1.165, 1.54) is 38.2 Å². The van der Waals surface area contributed by atoms with Gasteiger partial charge in [-0.15, -0.1) is 0 Å². The van der Waals surface area contributed by atoms with E-state index < -0.39 is 0 Å². The Hall–Kier alpha value is -1.30. The largest absolute Gasteiger partial charge is 0.463 e. The number of hydrogen-bond acceptors (Lipinski definition) is 3. The standard InChI is InChI=1S/C20H29NO2/c1-13-5-8-20-18-10-7-16(23-14(2)22)12-15(18)6-9-19(20)17(13)4-3-11-21/h15-20H,1,3-10,12H2,2H3/t15-,16+,17-,18+,19+,20-/m1/s1. The van der Waals surface area contributed by atoms with E-state index in [0.29, 0.717) is 12.3 Å². The van der Waals surface area contributed by atoms with Crippen molar-refractivity contribution in [3.63, 3.8) is 0 Å². The number of hydrogen-bond donors (Lipinski definition) is 0. The number of esters is 1. The predicted octanol–water partition coefficient (Wildman–Crippen LogP) is 4.63. The van der Waals surface area contributed by atoms with Crippen LogP contribution in [0, 0.1) is 40.9 Å². The average molecular weight is 315 g/mol. The van der Waals surface area contributed by atoms with E-state index in [1.807, 2.05) is 0 Å². The second-order valence-corrected chi connectivity index (χ2v) is 7.87. The summed E-state index contributed by atoms with van der Waals surface area (Å²) in [7, 11) is 0. The summed E-state index contributed by atoms with van der Waals surface area (Å²) >= 11 is 0. The minimum absolute atomic E-state index is 0.132. The normalized spacial score (nSPS) is 39.7. The zero-order valence-electron chi connectivity index (χ0n) is 14.3. The minimum Gasteiger partial charge on any atom is -0.463 e. The topological polar surface area (TPSA) is 50.1 Å². The predicted molar refractivity (Wildman–Crippen MR) is 89.3 cm³/mol. The van der Waals surface area contributed by atoms with Crippen molar-refractivity contribution in [3.05, 3.63) is 12.2 Å². The first-order chi connectivity index (χ1) is 11.1. The van der Waals surface area contributed by atoms with E-state index in [2.05, 4.69) is 12.6 Å². The highest BCUT2D eigenvalue weighted by Crippen LogP contribution is 2.55. The second kappa shape index (κ2) is 7.07. The molecule has 0 heterocycles. The minimum atomic E-state index is -0.132. The maximum absolute atomic E-state index is 11.2. The molecule has 3 nitrogen and oxygen atoms in total. The van der Waals surface area contributed by atoms with Gasteiger partial charge in [0.25, 0.3) is 0 Å². The van der Waals surface area contributed by atoms with E-state index in [-0.39, 0.29) is 12.1 Å². The Labute approximate surface area is 140 Å². The van der Waals surface area contributed by atoms with Crippen molar-refractivity contribution in [1.82, 2.24) is 0 Å². The van der Waals surface area contributed by atoms with Gasteiger partial charge in [-0.3, -0.25) is 4.79 Å². The Morgan fingerprint density at radius 2 is 2.00 bits per heavy atom. The summed E-state index contributed by atoms with van der Waals surface area (Å²) in [6.45, 7) is 5.84. The molecule has 6 atom stereocenters. The van der Waals surface area contributed by atoms with Crippen LogP contribution < -0.4 is 0 Å². The molecule has 3 aliphatic rings. The van der Waals surface area contributed by atoms with Gasteiger partial charge in [-0.25, -0.2) is 0 Å². The molecule has 0 amide bonds. The Bertz CT molecular complexity index is 506. The maximum atomic E-state index is 11.2. The molecule has 3 aliphatic carbocycles. The Balaban J connectivity index is 1.67. The van der Waals surface area contributed by atoms with Crippen molar-refractivity contribution in [2.24, 2.45) is 29.6 Å². The van der Waals surface area contributed by atoms with Crippen molar-refractivity contribution in [3.8, 4) is 6.07 Å². The summed E-state index contributed by atoms with van der Waals surface area (Å²) in [5.74, 6) is 3.53. The van der Waals surface area contributed by atoms with Crippen molar-refractivity contribution in [1.29, 1.82) is 5.26 Å². The van der Waals surface area contributed by atoms with Gasteiger partial charge in [0.05, 0.1) is 6.07 Å². The molecule has 3 rings (SSSR count). The van der Waals surface area contributed by atoms with Crippen LogP contribution in [0.2, 0.25) is 0 Å². The average Bonchev–Trinajstić information content (AvgIpc) is 2.52. The van der Waals surface area contributed by atoms with Gasteiger partial charge in [-0.1, -0.05) is 12.2 Å². The zero-order chi connectivity index (χ0) is 16.4. The third-order valence-corrected chi connectivity index (χ3v) is 6.70. The highest BCUT2D eigenvalue weighted by Gasteiger charge is 2.47. The Morgan fingerprint density at radius 1 is 1.22 bits per heavy atom. The van der Waals surface area contributed by atoms with Crippen LogP contribution in [0.4, 0.5) is 0 Å². The number of fused-ring (bicyclic) bond motifs is 3. The highest BCUT2D eigenvalue weighted by atomic mass is 16.5. The second-order valence-electron chi connectivity index (χ2n) is 7.87. The van der Waals surface area contributed by atoms with Crippen LogP contribution in [0.1, 0.15) is 64.7 Å². The van der Waals surface area contributed by atoms with Crippen LogP contribution >= 0.6 is 0 Å². The molecule has 3 fully saturated rings. The lowest BCUT2D eigenvalue weighted by atomic mass is 9.54. The van der Waals surface area contributed by atoms with E-state index in [0.717, 1.165) is 49.4 Å². The number of carbonyl (C=O) groups is 1. The van der Waals surface area contributed by atoms with Crippen LogP contribution in [0.15, 0.2) is 12.2 Å². The summed E-state index contributed by atoms with van der Waals surface area (Å²) in [4.78, 5) is 11.2.